The Hall–Kier alpha value is -2.48. The largest absolute Gasteiger partial charge is 0.480 e. The van der Waals surface area contributed by atoms with Gasteiger partial charge < -0.3 is 20.1 Å². The molecule has 0 fully saturated rings. The highest BCUT2D eigenvalue weighted by Crippen LogP contribution is 2.34. The van der Waals surface area contributed by atoms with Gasteiger partial charge in [-0.15, -0.1) is 0 Å². The monoisotopic (exact) mass is 324 g/mol. The quantitative estimate of drug-likeness (QED) is 0.807. The van der Waals surface area contributed by atoms with Crippen molar-refractivity contribution in [1.29, 1.82) is 0 Å². The number of benzene rings is 1. The Morgan fingerprint density at radius 1 is 1.48 bits per heavy atom. The fourth-order valence-corrected chi connectivity index (χ4v) is 2.51. The van der Waals surface area contributed by atoms with Crippen LogP contribution in [-0.2, 0) is 19.1 Å². The molecule has 124 valence electrons. The molecule has 0 bridgehead atoms. The zero-order chi connectivity index (χ0) is 17.0. The number of nitrogens with one attached hydrogen (secondary N) is 1. The second-order valence-corrected chi connectivity index (χ2v) is 5.18. The molecule has 23 heavy (non-hydrogen) atoms. The van der Waals surface area contributed by atoms with Crippen molar-refractivity contribution < 1.29 is 28.6 Å². The van der Waals surface area contributed by atoms with Crippen LogP contribution in [0.3, 0.4) is 0 Å². The van der Waals surface area contributed by atoms with E-state index in [2.05, 4.69) is 5.32 Å². The maximum absolute atomic E-state index is 13.3. The molecule has 0 aliphatic carbocycles. The van der Waals surface area contributed by atoms with Gasteiger partial charge in [0.05, 0.1) is 12.5 Å². The van der Waals surface area contributed by atoms with Crippen LogP contribution in [0.4, 0.5) is 10.1 Å². The molecular weight excluding hydrogens is 307 g/mol. The lowest BCUT2D eigenvalue weighted by atomic mass is 9.89. The van der Waals surface area contributed by atoms with Crippen molar-refractivity contribution in [2.75, 3.05) is 32.1 Å². The molecule has 2 amide bonds. The molecule has 2 N–H and O–H groups in total. The van der Waals surface area contributed by atoms with E-state index in [0.717, 1.165) is 11.0 Å². The number of fused-ring (bicyclic) bond motifs is 1. The number of carbonyl (C=O) groups is 3. The zero-order valence-corrected chi connectivity index (χ0v) is 12.5. The Bertz CT molecular complexity index is 634. The van der Waals surface area contributed by atoms with Gasteiger partial charge in [0.2, 0.25) is 11.8 Å². The average molecular weight is 324 g/mol. The summed E-state index contributed by atoms with van der Waals surface area (Å²) in [6.07, 6.45) is -0.111. The summed E-state index contributed by atoms with van der Waals surface area (Å²) in [5, 5.41) is 11.5. The van der Waals surface area contributed by atoms with Crippen LogP contribution >= 0.6 is 0 Å². The molecule has 0 saturated carbocycles. The van der Waals surface area contributed by atoms with E-state index in [1.165, 1.54) is 19.2 Å². The topological polar surface area (TPSA) is 95.9 Å². The van der Waals surface area contributed by atoms with E-state index in [-0.39, 0.29) is 25.3 Å². The van der Waals surface area contributed by atoms with Crippen molar-refractivity contribution in [3.8, 4) is 0 Å². The lowest BCUT2D eigenvalue weighted by Gasteiger charge is -2.29. The van der Waals surface area contributed by atoms with E-state index in [4.69, 9.17) is 9.84 Å². The van der Waals surface area contributed by atoms with Crippen LogP contribution in [0.25, 0.3) is 0 Å². The number of anilines is 1. The average Bonchev–Trinajstić information content (AvgIpc) is 2.49. The first-order chi connectivity index (χ1) is 10.9. The van der Waals surface area contributed by atoms with Crippen molar-refractivity contribution >= 4 is 23.5 Å². The summed E-state index contributed by atoms with van der Waals surface area (Å²) in [4.78, 5) is 36.5. The van der Waals surface area contributed by atoms with Crippen molar-refractivity contribution in [1.82, 2.24) is 4.90 Å². The highest BCUT2D eigenvalue weighted by atomic mass is 19.1. The van der Waals surface area contributed by atoms with Gasteiger partial charge in [-0.25, -0.2) is 4.39 Å². The van der Waals surface area contributed by atoms with Crippen LogP contribution in [0.1, 0.15) is 17.9 Å². The molecule has 0 aromatic heterocycles. The Morgan fingerprint density at radius 2 is 2.22 bits per heavy atom. The molecule has 1 aliphatic rings. The Kier molecular flexibility index (Phi) is 5.28. The number of rotatable bonds is 6. The normalized spacial score (nSPS) is 16.4. The first-order valence-electron chi connectivity index (χ1n) is 7.01. The minimum atomic E-state index is -1.16. The minimum absolute atomic E-state index is 0.0935. The molecule has 1 aliphatic heterocycles. The van der Waals surface area contributed by atoms with Crippen molar-refractivity contribution in [3.63, 3.8) is 0 Å². The summed E-state index contributed by atoms with van der Waals surface area (Å²) in [7, 11) is 1.44. The Morgan fingerprint density at radius 3 is 2.87 bits per heavy atom. The number of carboxylic acids is 1. The van der Waals surface area contributed by atoms with E-state index in [1.54, 1.807) is 0 Å². The van der Waals surface area contributed by atoms with Crippen LogP contribution in [0.2, 0.25) is 0 Å². The third-order valence-corrected chi connectivity index (χ3v) is 3.56. The summed E-state index contributed by atoms with van der Waals surface area (Å²) in [5.41, 5.74) is 0.713. The van der Waals surface area contributed by atoms with Crippen molar-refractivity contribution in [3.05, 3.63) is 29.6 Å². The predicted molar refractivity (Wildman–Crippen MR) is 78.5 cm³/mol. The lowest BCUT2D eigenvalue weighted by Crippen LogP contribution is -2.42. The molecule has 1 heterocycles. The molecule has 7 nitrogen and oxygen atoms in total. The van der Waals surface area contributed by atoms with Gasteiger partial charge in [0.1, 0.15) is 12.4 Å². The number of ether oxygens (including phenoxy) is 1. The fraction of sp³-hybridized carbons (Fsp3) is 0.400. The number of hydrogen-bond donors (Lipinski definition) is 2. The van der Waals surface area contributed by atoms with Gasteiger partial charge in [0.25, 0.3) is 0 Å². The molecule has 1 unspecified atom stereocenters. The van der Waals surface area contributed by atoms with Crippen LogP contribution in [0.5, 0.6) is 0 Å². The SMILES string of the molecule is COCCN(CC(=O)O)C(=O)C1CC(=O)Nc2cc(F)ccc21. The van der Waals surface area contributed by atoms with Gasteiger partial charge >= 0.3 is 5.97 Å². The van der Waals surface area contributed by atoms with Crippen LogP contribution < -0.4 is 5.32 Å². The highest BCUT2D eigenvalue weighted by Gasteiger charge is 2.34. The molecule has 8 heteroatoms. The molecule has 2 rings (SSSR count). The standard InChI is InChI=1S/C15H17FN2O5/c1-23-5-4-18(8-14(20)21)15(22)11-7-13(19)17-12-6-9(16)2-3-10(11)12/h2-3,6,11H,4-5,7-8H2,1H3,(H,17,19)(H,20,21). The predicted octanol–water partition coefficient (Wildman–Crippen LogP) is 0.811. The molecule has 1 atom stereocenters. The zero-order valence-electron chi connectivity index (χ0n) is 12.5. The molecule has 0 saturated heterocycles. The van der Waals surface area contributed by atoms with Crippen LogP contribution in [0, 0.1) is 5.82 Å². The highest BCUT2D eigenvalue weighted by molar-refractivity contribution is 6.01. The first kappa shape index (κ1) is 16.9. The summed E-state index contributed by atoms with van der Waals surface area (Å²) in [6.45, 7) is -0.221. The molecule has 1 aromatic rings. The Balaban J connectivity index is 2.29. The van der Waals surface area contributed by atoms with E-state index in [1.807, 2.05) is 0 Å². The smallest absolute Gasteiger partial charge is 0.323 e. The lowest BCUT2D eigenvalue weighted by molar-refractivity contribution is -0.145. The number of nitrogens with zero attached hydrogens (tertiary/aromatic N) is 1. The van der Waals surface area contributed by atoms with Gasteiger partial charge in [-0.1, -0.05) is 6.07 Å². The summed E-state index contributed by atoms with van der Waals surface area (Å²) >= 11 is 0. The summed E-state index contributed by atoms with van der Waals surface area (Å²) in [6, 6.07) is 3.78. The van der Waals surface area contributed by atoms with Gasteiger partial charge in [0.15, 0.2) is 0 Å². The minimum Gasteiger partial charge on any atom is -0.480 e. The van der Waals surface area contributed by atoms with Crippen molar-refractivity contribution in [2.24, 2.45) is 0 Å². The second-order valence-electron chi connectivity index (χ2n) is 5.18. The molecule has 0 radical (unpaired) electrons. The van der Waals surface area contributed by atoms with Crippen LogP contribution in [-0.4, -0.2) is 54.6 Å². The number of amides is 2. The van der Waals surface area contributed by atoms with E-state index in [9.17, 15) is 18.8 Å². The molecule has 0 spiro atoms. The maximum Gasteiger partial charge on any atom is 0.323 e. The van der Waals surface area contributed by atoms with Crippen LogP contribution in [0.15, 0.2) is 18.2 Å². The maximum atomic E-state index is 13.3. The van der Waals surface area contributed by atoms with Gasteiger partial charge in [-0.3, -0.25) is 14.4 Å². The molecular formula is C15H17FN2O5. The number of hydrogen-bond acceptors (Lipinski definition) is 4. The fourth-order valence-electron chi connectivity index (χ4n) is 2.51. The number of carbonyl (C=O) groups excluding carboxylic acids is 2. The number of aliphatic carboxylic acids is 1. The summed E-state index contributed by atoms with van der Waals surface area (Å²) in [5.74, 6) is -3.43. The van der Waals surface area contributed by atoms with E-state index < -0.39 is 36.1 Å². The second kappa shape index (κ2) is 7.19. The number of methoxy groups -OCH3 is 1. The number of halogens is 1. The van der Waals surface area contributed by atoms with Gasteiger partial charge in [-0.2, -0.15) is 0 Å². The van der Waals surface area contributed by atoms with Gasteiger partial charge in [0, 0.05) is 25.8 Å². The third kappa shape index (κ3) is 4.04. The van der Waals surface area contributed by atoms with E-state index in [0.29, 0.717) is 5.56 Å². The third-order valence-electron chi connectivity index (χ3n) is 3.56. The van der Waals surface area contributed by atoms with Crippen molar-refractivity contribution in [2.45, 2.75) is 12.3 Å². The molecule has 1 aromatic carbocycles. The first-order valence-corrected chi connectivity index (χ1v) is 7.01. The van der Waals surface area contributed by atoms with Gasteiger partial charge in [-0.05, 0) is 17.7 Å². The number of carboxylic acid groups (broad SMARTS) is 1. The van der Waals surface area contributed by atoms with E-state index >= 15 is 0 Å². The Labute approximate surface area is 132 Å². The summed E-state index contributed by atoms with van der Waals surface area (Å²) < 4.78 is 18.2.